The number of hydrogen-bond acceptors (Lipinski definition) is 4. The maximum Gasteiger partial charge on any atom is 0.208 e. The SMILES string of the molecule is CCn1cc(-n2cc(C)nc2NC(C)COC)cn1. The molecule has 0 aromatic carbocycles. The van der Waals surface area contributed by atoms with Crippen molar-refractivity contribution in [1.29, 1.82) is 0 Å². The zero-order chi connectivity index (χ0) is 13.8. The summed E-state index contributed by atoms with van der Waals surface area (Å²) in [5.41, 5.74) is 1.98. The van der Waals surface area contributed by atoms with Crippen LogP contribution < -0.4 is 5.32 Å². The van der Waals surface area contributed by atoms with Crippen molar-refractivity contribution in [2.45, 2.75) is 33.4 Å². The van der Waals surface area contributed by atoms with Crippen LogP contribution in [0.2, 0.25) is 0 Å². The lowest BCUT2D eigenvalue weighted by Crippen LogP contribution is -2.22. The molecule has 1 unspecified atom stereocenters. The van der Waals surface area contributed by atoms with Crippen LogP contribution in [0.15, 0.2) is 18.6 Å². The van der Waals surface area contributed by atoms with Crippen molar-refractivity contribution in [1.82, 2.24) is 19.3 Å². The Kier molecular flexibility index (Phi) is 4.21. The minimum Gasteiger partial charge on any atom is -0.383 e. The van der Waals surface area contributed by atoms with Crippen LogP contribution in [0, 0.1) is 6.92 Å². The number of nitrogens with zero attached hydrogens (tertiary/aromatic N) is 4. The third kappa shape index (κ3) is 3.14. The van der Waals surface area contributed by atoms with E-state index in [1.165, 1.54) is 0 Å². The number of aromatic nitrogens is 4. The number of aryl methyl sites for hydroxylation is 2. The van der Waals surface area contributed by atoms with Gasteiger partial charge in [-0.1, -0.05) is 0 Å². The Morgan fingerprint density at radius 3 is 2.84 bits per heavy atom. The first-order valence-electron chi connectivity index (χ1n) is 6.48. The molecule has 19 heavy (non-hydrogen) atoms. The van der Waals surface area contributed by atoms with E-state index in [0.717, 1.165) is 23.9 Å². The third-order valence-corrected chi connectivity index (χ3v) is 2.84. The van der Waals surface area contributed by atoms with Gasteiger partial charge in [0.2, 0.25) is 5.95 Å². The average Bonchev–Trinajstić information content (AvgIpc) is 2.96. The largest absolute Gasteiger partial charge is 0.383 e. The van der Waals surface area contributed by atoms with Gasteiger partial charge in [0.15, 0.2) is 0 Å². The van der Waals surface area contributed by atoms with E-state index in [9.17, 15) is 0 Å². The quantitative estimate of drug-likeness (QED) is 0.864. The normalized spacial score (nSPS) is 12.6. The van der Waals surface area contributed by atoms with Crippen LogP contribution in [-0.2, 0) is 11.3 Å². The highest BCUT2D eigenvalue weighted by atomic mass is 16.5. The average molecular weight is 263 g/mol. The highest BCUT2D eigenvalue weighted by Crippen LogP contribution is 2.16. The van der Waals surface area contributed by atoms with Gasteiger partial charge in [-0.25, -0.2) is 4.98 Å². The Bertz CT molecular complexity index is 531. The van der Waals surface area contributed by atoms with E-state index >= 15 is 0 Å². The van der Waals surface area contributed by atoms with E-state index in [4.69, 9.17) is 4.74 Å². The molecule has 1 atom stereocenters. The van der Waals surface area contributed by atoms with Crippen LogP contribution >= 0.6 is 0 Å². The Morgan fingerprint density at radius 1 is 1.42 bits per heavy atom. The minimum atomic E-state index is 0.201. The molecule has 0 saturated heterocycles. The molecule has 2 aromatic rings. The molecule has 6 nitrogen and oxygen atoms in total. The molecule has 104 valence electrons. The van der Waals surface area contributed by atoms with Crippen molar-refractivity contribution < 1.29 is 4.74 Å². The van der Waals surface area contributed by atoms with E-state index in [-0.39, 0.29) is 6.04 Å². The number of ether oxygens (including phenoxy) is 1. The third-order valence-electron chi connectivity index (χ3n) is 2.84. The molecule has 0 radical (unpaired) electrons. The fourth-order valence-electron chi connectivity index (χ4n) is 1.96. The monoisotopic (exact) mass is 263 g/mol. The summed E-state index contributed by atoms with van der Waals surface area (Å²) in [6.07, 6.45) is 5.85. The van der Waals surface area contributed by atoms with Crippen molar-refractivity contribution in [3.63, 3.8) is 0 Å². The van der Waals surface area contributed by atoms with Gasteiger partial charge in [-0.3, -0.25) is 9.25 Å². The van der Waals surface area contributed by atoms with Gasteiger partial charge >= 0.3 is 0 Å². The maximum atomic E-state index is 5.13. The van der Waals surface area contributed by atoms with Crippen LogP contribution in [-0.4, -0.2) is 39.1 Å². The van der Waals surface area contributed by atoms with Crippen LogP contribution in [0.25, 0.3) is 5.69 Å². The summed E-state index contributed by atoms with van der Waals surface area (Å²) in [4.78, 5) is 4.50. The van der Waals surface area contributed by atoms with Crippen LogP contribution in [0.5, 0.6) is 0 Å². The summed E-state index contributed by atoms with van der Waals surface area (Å²) in [6.45, 7) is 7.60. The molecule has 0 fully saturated rings. The second-order valence-corrected chi connectivity index (χ2v) is 4.63. The standard InChI is InChI=1S/C13H21N5O/c1-5-17-8-12(6-14-17)18-7-10(2)15-13(18)16-11(3)9-19-4/h6-8,11H,5,9H2,1-4H3,(H,15,16). The zero-order valence-electron chi connectivity index (χ0n) is 11.9. The lowest BCUT2D eigenvalue weighted by atomic mass is 10.4. The summed E-state index contributed by atoms with van der Waals surface area (Å²) >= 11 is 0. The van der Waals surface area contributed by atoms with Gasteiger partial charge in [-0.05, 0) is 20.8 Å². The van der Waals surface area contributed by atoms with Crippen LogP contribution in [0.1, 0.15) is 19.5 Å². The van der Waals surface area contributed by atoms with Gasteiger partial charge in [-0.2, -0.15) is 5.10 Å². The number of imidazole rings is 1. The molecule has 2 aromatic heterocycles. The van der Waals surface area contributed by atoms with E-state index in [1.54, 1.807) is 7.11 Å². The number of anilines is 1. The molecule has 0 aliphatic rings. The fourth-order valence-corrected chi connectivity index (χ4v) is 1.96. The molecule has 0 amide bonds. The molecule has 6 heteroatoms. The van der Waals surface area contributed by atoms with Crippen molar-refractivity contribution in [2.75, 3.05) is 19.0 Å². The fraction of sp³-hybridized carbons (Fsp3) is 0.538. The topological polar surface area (TPSA) is 56.9 Å². The molecule has 0 aliphatic heterocycles. The molecular weight excluding hydrogens is 242 g/mol. The van der Waals surface area contributed by atoms with E-state index in [2.05, 4.69) is 29.2 Å². The second kappa shape index (κ2) is 5.88. The first-order chi connectivity index (χ1) is 9.13. The summed E-state index contributed by atoms with van der Waals surface area (Å²) in [6, 6.07) is 0.201. The van der Waals surface area contributed by atoms with Crippen LogP contribution in [0.3, 0.4) is 0 Å². The Labute approximate surface area is 113 Å². The zero-order valence-corrected chi connectivity index (χ0v) is 11.9. The van der Waals surface area contributed by atoms with Crippen molar-refractivity contribution in [3.8, 4) is 5.69 Å². The highest BCUT2D eigenvalue weighted by molar-refractivity contribution is 5.41. The van der Waals surface area contributed by atoms with Crippen molar-refractivity contribution >= 4 is 5.95 Å². The Balaban J connectivity index is 2.24. The van der Waals surface area contributed by atoms with Gasteiger partial charge in [0.05, 0.1) is 24.2 Å². The van der Waals surface area contributed by atoms with E-state index < -0.39 is 0 Å². The van der Waals surface area contributed by atoms with Gasteiger partial charge < -0.3 is 10.1 Å². The lowest BCUT2D eigenvalue weighted by Gasteiger charge is -2.14. The number of hydrogen-bond donors (Lipinski definition) is 1. The molecule has 0 saturated carbocycles. The molecule has 0 aliphatic carbocycles. The molecule has 2 rings (SSSR count). The Morgan fingerprint density at radius 2 is 2.21 bits per heavy atom. The van der Waals surface area contributed by atoms with Gasteiger partial charge in [0, 0.05) is 32.1 Å². The maximum absolute atomic E-state index is 5.13. The van der Waals surface area contributed by atoms with Crippen LogP contribution in [0.4, 0.5) is 5.95 Å². The predicted octanol–water partition coefficient (Wildman–Crippen LogP) is 1.84. The lowest BCUT2D eigenvalue weighted by molar-refractivity contribution is 0.190. The predicted molar refractivity (Wildman–Crippen MR) is 74.7 cm³/mol. The summed E-state index contributed by atoms with van der Waals surface area (Å²) in [5, 5.41) is 7.64. The number of methoxy groups -OCH3 is 1. The molecular formula is C13H21N5O. The first-order valence-corrected chi connectivity index (χ1v) is 6.48. The van der Waals surface area contributed by atoms with E-state index in [0.29, 0.717) is 6.61 Å². The summed E-state index contributed by atoms with van der Waals surface area (Å²) < 4.78 is 9.04. The molecule has 2 heterocycles. The van der Waals surface area contributed by atoms with E-state index in [1.807, 2.05) is 34.8 Å². The van der Waals surface area contributed by atoms with Crippen molar-refractivity contribution in [3.05, 3.63) is 24.3 Å². The summed E-state index contributed by atoms with van der Waals surface area (Å²) in [5.74, 6) is 0.817. The highest BCUT2D eigenvalue weighted by Gasteiger charge is 2.11. The van der Waals surface area contributed by atoms with Gasteiger partial charge in [-0.15, -0.1) is 0 Å². The molecule has 1 N–H and O–H groups in total. The smallest absolute Gasteiger partial charge is 0.208 e. The summed E-state index contributed by atoms with van der Waals surface area (Å²) in [7, 11) is 1.70. The van der Waals surface area contributed by atoms with Gasteiger partial charge in [0.1, 0.15) is 0 Å². The van der Waals surface area contributed by atoms with Gasteiger partial charge in [0.25, 0.3) is 0 Å². The minimum absolute atomic E-state index is 0.201. The van der Waals surface area contributed by atoms with Crippen molar-refractivity contribution in [2.24, 2.45) is 0 Å². The second-order valence-electron chi connectivity index (χ2n) is 4.63. The first kappa shape index (κ1) is 13.6. The number of rotatable bonds is 6. The number of nitrogens with one attached hydrogen (secondary N) is 1. The molecule has 0 spiro atoms. The molecule has 0 bridgehead atoms. The Hall–Kier alpha value is -1.82.